The first-order valence-corrected chi connectivity index (χ1v) is 13.4. The van der Waals surface area contributed by atoms with Crippen molar-refractivity contribution in [2.24, 2.45) is 0 Å². The number of aliphatic hydroxyl groups is 1. The van der Waals surface area contributed by atoms with Crippen LogP contribution in [-0.2, 0) is 4.57 Å². The first kappa shape index (κ1) is 23.1. The van der Waals surface area contributed by atoms with Crippen molar-refractivity contribution in [3.05, 3.63) is 48.5 Å². The number of hydrogen-bond donors (Lipinski definition) is 4. The van der Waals surface area contributed by atoms with E-state index in [1.54, 1.807) is 11.3 Å². The second-order valence-electron chi connectivity index (χ2n) is 8.42. The zero-order chi connectivity index (χ0) is 23.9. The number of hydrogen-bond acceptors (Lipinski definition) is 7. The largest absolute Gasteiger partial charge is 0.496 e. The summed E-state index contributed by atoms with van der Waals surface area (Å²) >= 11 is 1.59. The number of anilines is 1. The minimum absolute atomic E-state index is 0.198. The van der Waals surface area contributed by atoms with Gasteiger partial charge in [0.1, 0.15) is 11.5 Å². The SMILES string of the molecule is COc1ccc(-c2cccc3nc(NC4CCC(O)CC4)sc23)cc1-c1ccc(P(=O)(O)O)o1. The minimum Gasteiger partial charge on any atom is -0.496 e. The van der Waals surface area contributed by atoms with Gasteiger partial charge in [-0.15, -0.1) is 0 Å². The molecule has 1 aliphatic rings. The lowest BCUT2D eigenvalue weighted by molar-refractivity contribution is 0.126. The maximum atomic E-state index is 11.6. The van der Waals surface area contributed by atoms with Crippen LogP contribution in [0.4, 0.5) is 5.13 Å². The summed E-state index contributed by atoms with van der Waals surface area (Å²) in [5.74, 6) is 0.851. The Morgan fingerprint density at radius 1 is 1.09 bits per heavy atom. The Morgan fingerprint density at radius 3 is 2.59 bits per heavy atom. The Kier molecular flexibility index (Phi) is 6.22. The van der Waals surface area contributed by atoms with Gasteiger partial charge in [0.25, 0.3) is 0 Å². The summed E-state index contributed by atoms with van der Waals surface area (Å²) < 4.78 is 23.6. The van der Waals surface area contributed by atoms with Gasteiger partial charge in [0, 0.05) is 11.6 Å². The fourth-order valence-electron chi connectivity index (χ4n) is 4.33. The van der Waals surface area contributed by atoms with Gasteiger partial charge in [-0.05, 0) is 61.6 Å². The average Bonchev–Trinajstić information content (AvgIpc) is 3.47. The van der Waals surface area contributed by atoms with Crippen LogP contribution in [0.2, 0.25) is 0 Å². The molecular formula is C24H25N2O6PS. The number of nitrogens with zero attached hydrogens (tertiary/aromatic N) is 1. The number of fused-ring (bicyclic) bond motifs is 1. The minimum atomic E-state index is -4.49. The van der Waals surface area contributed by atoms with Crippen LogP contribution in [0, 0.1) is 0 Å². The zero-order valence-electron chi connectivity index (χ0n) is 18.5. The number of thiazole rings is 1. The van der Waals surface area contributed by atoms with E-state index in [1.807, 2.05) is 36.4 Å². The predicted octanol–water partition coefficient (Wildman–Crippen LogP) is 4.75. The quantitative estimate of drug-likeness (QED) is 0.280. The number of nitrogens with one attached hydrogen (secondary N) is 1. The van der Waals surface area contributed by atoms with Gasteiger partial charge in [0.15, 0.2) is 5.13 Å². The summed E-state index contributed by atoms with van der Waals surface area (Å²) in [5, 5.41) is 14.1. The second kappa shape index (κ2) is 9.17. The van der Waals surface area contributed by atoms with Gasteiger partial charge in [0.05, 0.1) is 29.0 Å². The molecule has 1 fully saturated rings. The Labute approximate surface area is 200 Å². The highest BCUT2D eigenvalue weighted by atomic mass is 32.1. The van der Waals surface area contributed by atoms with Crippen LogP contribution in [0.1, 0.15) is 25.7 Å². The normalized spacial score (nSPS) is 18.8. The first-order chi connectivity index (χ1) is 16.3. The third-order valence-electron chi connectivity index (χ3n) is 6.09. The molecule has 10 heteroatoms. The van der Waals surface area contributed by atoms with E-state index in [-0.39, 0.29) is 11.6 Å². The van der Waals surface area contributed by atoms with Crippen LogP contribution in [-0.4, -0.2) is 39.1 Å². The van der Waals surface area contributed by atoms with Crippen LogP contribution in [0.25, 0.3) is 32.7 Å². The predicted molar refractivity (Wildman–Crippen MR) is 133 cm³/mol. The highest BCUT2D eigenvalue weighted by molar-refractivity contribution is 7.59. The molecule has 0 aliphatic heterocycles. The van der Waals surface area contributed by atoms with Crippen molar-refractivity contribution >= 4 is 39.8 Å². The fourth-order valence-corrected chi connectivity index (χ4v) is 5.89. The van der Waals surface area contributed by atoms with Gasteiger partial charge in [0.2, 0.25) is 5.50 Å². The molecule has 1 saturated carbocycles. The molecule has 34 heavy (non-hydrogen) atoms. The van der Waals surface area contributed by atoms with Crippen LogP contribution in [0.5, 0.6) is 5.75 Å². The molecule has 2 aromatic carbocycles. The van der Waals surface area contributed by atoms with Crippen molar-refractivity contribution in [1.82, 2.24) is 4.98 Å². The number of furan rings is 1. The smallest absolute Gasteiger partial charge is 0.391 e. The molecule has 4 aromatic rings. The van der Waals surface area contributed by atoms with Gasteiger partial charge in [-0.3, -0.25) is 4.57 Å². The van der Waals surface area contributed by atoms with Gasteiger partial charge >= 0.3 is 7.60 Å². The molecule has 0 saturated heterocycles. The number of aromatic nitrogens is 1. The van der Waals surface area contributed by atoms with E-state index in [9.17, 15) is 19.5 Å². The van der Waals surface area contributed by atoms with Crippen LogP contribution in [0.3, 0.4) is 0 Å². The molecule has 1 aliphatic carbocycles. The Hall–Kier alpha value is -2.68. The number of benzene rings is 2. The monoisotopic (exact) mass is 500 g/mol. The summed E-state index contributed by atoms with van der Waals surface area (Å²) in [6.45, 7) is 0. The average molecular weight is 501 g/mol. The van der Waals surface area contributed by atoms with Crippen molar-refractivity contribution in [3.63, 3.8) is 0 Å². The van der Waals surface area contributed by atoms with Crippen molar-refractivity contribution in [2.75, 3.05) is 12.4 Å². The highest BCUT2D eigenvalue weighted by Gasteiger charge is 2.24. The Balaban J connectivity index is 1.51. The van der Waals surface area contributed by atoms with E-state index >= 15 is 0 Å². The maximum Gasteiger partial charge on any atom is 0.391 e. The van der Waals surface area contributed by atoms with Crippen LogP contribution in [0.15, 0.2) is 52.9 Å². The van der Waals surface area contributed by atoms with E-state index in [0.29, 0.717) is 23.1 Å². The topological polar surface area (TPSA) is 125 Å². The molecule has 0 atom stereocenters. The molecular weight excluding hydrogens is 475 g/mol. The lowest BCUT2D eigenvalue weighted by Gasteiger charge is -2.25. The highest BCUT2D eigenvalue weighted by Crippen LogP contribution is 2.41. The van der Waals surface area contributed by atoms with Crippen molar-refractivity contribution in [1.29, 1.82) is 0 Å². The van der Waals surface area contributed by atoms with Gasteiger partial charge < -0.3 is 29.4 Å². The van der Waals surface area contributed by atoms with E-state index in [1.165, 1.54) is 19.2 Å². The molecule has 0 unspecified atom stereocenters. The van der Waals surface area contributed by atoms with Crippen molar-refractivity contribution in [2.45, 2.75) is 37.8 Å². The molecule has 0 spiro atoms. The molecule has 178 valence electrons. The van der Waals surface area contributed by atoms with E-state index in [0.717, 1.165) is 52.2 Å². The summed E-state index contributed by atoms with van der Waals surface area (Å²) in [5.41, 5.74) is 3.00. The fraction of sp³-hybridized carbons (Fsp3) is 0.292. The lowest BCUT2D eigenvalue weighted by Crippen LogP contribution is -2.28. The van der Waals surface area contributed by atoms with Crippen molar-refractivity contribution in [3.8, 4) is 28.2 Å². The third kappa shape index (κ3) is 4.62. The number of aliphatic hydroxyl groups excluding tert-OH is 1. The molecule has 2 aromatic heterocycles. The summed E-state index contributed by atoms with van der Waals surface area (Å²) in [7, 11) is -2.96. The number of rotatable bonds is 6. The molecule has 5 rings (SSSR count). The standard InChI is InChI=1S/C24H25N2O6PS/c1-31-20-10-5-14(13-18(20)21-11-12-22(32-21)33(28,29)30)17-3-2-4-19-23(17)34-24(26-19)25-15-6-8-16(27)9-7-15/h2-5,10-13,15-16,27H,6-9H2,1H3,(H,25,26)(H2,28,29,30). The first-order valence-electron chi connectivity index (χ1n) is 11.0. The zero-order valence-corrected chi connectivity index (χ0v) is 20.2. The molecule has 8 nitrogen and oxygen atoms in total. The van der Waals surface area contributed by atoms with E-state index in [2.05, 4.69) is 5.32 Å². The summed E-state index contributed by atoms with van der Waals surface area (Å²) in [4.78, 5) is 23.6. The lowest BCUT2D eigenvalue weighted by atomic mass is 9.93. The van der Waals surface area contributed by atoms with Crippen LogP contribution >= 0.6 is 18.9 Å². The number of ether oxygens (including phenoxy) is 1. The maximum absolute atomic E-state index is 11.6. The second-order valence-corrected chi connectivity index (χ2v) is 10.9. The Morgan fingerprint density at radius 2 is 1.88 bits per heavy atom. The van der Waals surface area contributed by atoms with Gasteiger partial charge in [-0.1, -0.05) is 29.5 Å². The van der Waals surface area contributed by atoms with Gasteiger partial charge in [-0.25, -0.2) is 4.98 Å². The molecule has 2 heterocycles. The Bertz CT molecular complexity index is 1370. The van der Waals surface area contributed by atoms with Gasteiger partial charge in [-0.2, -0.15) is 0 Å². The number of methoxy groups -OCH3 is 1. The summed E-state index contributed by atoms with van der Waals surface area (Å²) in [6.07, 6.45) is 3.26. The molecule has 0 amide bonds. The third-order valence-corrected chi connectivity index (χ3v) is 7.94. The molecule has 0 bridgehead atoms. The summed E-state index contributed by atoms with van der Waals surface area (Å²) in [6, 6.07) is 14.7. The van der Waals surface area contributed by atoms with Crippen molar-refractivity contribution < 1.29 is 28.6 Å². The van der Waals surface area contributed by atoms with E-state index < -0.39 is 7.60 Å². The molecule has 4 N–H and O–H groups in total. The molecule has 0 radical (unpaired) electrons. The van der Waals surface area contributed by atoms with E-state index in [4.69, 9.17) is 14.1 Å². The van der Waals surface area contributed by atoms with Crippen LogP contribution < -0.4 is 15.6 Å².